The van der Waals surface area contributed by atoms with Crippen molar-refractivity contribution in [1.29, 1.82) is 0 Å². The van der Waals surface area contributed by atoms with Crippen molar-refractivity contribution in [2.75, 3.05) is 13.2 Å². The predicted octanol–water partition coefficient (Wildman–Crippen LogP) is 3.21. The van der Waals surface area contributed by atoms with E-state index in [0.29, 0.717) is 18.2 Å². The summed E-state index contributed by atoms with van der Waals surface area (Å²) >= 11 is 0. The van der Waals surface area contributed by atoms with Crippen molar-refractivity contribution in [2.45, 2.75) is 51.2 Å². The van der Waals surface area contributed by atoms with E-state index in [1.807, 2.05) is 6.07 Å². The van der Waals surface area contributed by atoms with Gasteiger partial charge in [-0.3, -0.25) is 0 Å². The lowest BCUT2D eigenvalue weighted by atomic mass is 9.98. The van der Waals surface area contributed by atoms with Gasteiger partial charge in [-0.05, 0) is 43.5 Å². The van der Waals surface area contributed by atoms with E-state index >= 15 is 0 Å². The molecule has 2 rings (SSSR count). The molecule has 4 heteroatoms. The molecule has 1 aliphatic rings. The highest BCUT2D eigenvalue weighted by Crippen LogP contribution is 2.20. The molecule has 0 aromatic heterocycles. The number of carboxylic acid groups (broad SMARTS) is 1. The number of benzene rings is 1. The van der Waals surface area contributed by atoms with Gasteiger partial charge in [0.05, 0.1) is 11.7 Å². The molecule has 0 amide bonds. The second-order valence-corrected chi connectivity index (χ2v) is 5.67. The van der Waals surface area contributed by atoms with E-state index < -0.39 is 5.97 Å². The minimum atomic E-state index is -0.877. The fraction of sp³-hybridized carbons (Fsp3) is 0.588. The minimum absolute atomic E-state index is 0.343. The van der Waals surface area contributed by atoms with Crippen molar-refractivity contribution < 1.29 is 14.6 Å². The van der Waals surface area contributed by atoms with Gasteiger partial charge in [0.25, 0.3) is 0 Å². The van der Waals surface area contributed by atoms with Gasteiger partial charge in [0.1, 0.15) is 0 Å². The Morgan fingerprint density at radius 2 is 2.10 bits per heavy atom. The summed E-state index contributed by atoms with van der Waals surface area (Å²) in [5, 5.41) is 12.3. The Bertz CT molecular complexity index is 441. The number of nitrogens with one attached hydrogen (secondary N) is 1. The smallest absolute Gasteiger partial charge is 0.335 e. The van der Waals surface area contributed by atoms with E-state index in [2.05, 4.69) is 5.32 Å². The van der Waals surface area contributed by atoms with Crippen LogP contribution < -0.4 is 5.32 Å². The minimum Gasteiger partial charge on any atom is -0.478 e. The summed E-state index contributed by atoms with van der Waals surface area (Å²) in [5.74, 6) is -0.877. The maximum atomic E-state index is 10.9. The molecule has 4 nitrogen and oxygen atoms in total. The molecule has 0 bridgehead atoms. The molecule has 2 N–H and O–H groups in total. The zero-order chi connectivity index (χ0) is 14.9. The quantitative estimate of drug-likeness (QED) is 0.722. The van der Waals surface area contributed by atoms with Gasteiger partial charge in [0.15, 0.2) is 0 Å². The summed E-state index contributed by atoms with van der Waals surface area (Å²) in [6.45, 7) is 2.40. The summed E-state index contributed by atoms with van der Waals surface area (Å²) in [5.41, 5.74) is 1.35. The molecular weight excluding hydrogens is 266 g/mol. The number of ether oxygens (including phenoxy) is 1. The second-order valence-electron chi connectivity index (χ2n) is 5.67. The van der Waals surface area contributed by atoms with Crippen LogP contribution in [-0.2, 0) is 11.3 Å². The molecule has 0 atom stereocenters. The maximum absolute atomic E-state index is 10.9. The molecule has 21 heavy (non-hydrogen) atoms. The molecule has 116 valence electrons. The van der Waals surface area contributed by atoms with Crippen LogP contribution >= 0.6 is 0 Å². The largest absolute Gasteiger partial charge is 0.478 e. The Morgan fingerprint density at radius 3 is 2.86 bits per heavy atom. The number of rotatable bonds is 8. The lowest BCUT2D eigenvalue weighted by Gasteiger charge is -2.21. The third-order valence-electron chi connectivity index (χ3n) is 3.91. The van der Waals surface area contributed by atoms with Crippen LogP contribution in [0.3, 0.4) is 0 Å². The first kappa shape index (κ1) is 16.0. The molecule has 1 aromatic carbocycles. The molecule has 0 unspecified atom stereocenters. The summed E-state index contributed by atoms with van der Waals surface area (Å²) in [4.78, 5) is 10.9. The van der Waals surface area contributed by atoms with E-state index in [0.717, 1.165) is 25.1 Å². The van der Waals surface area contributed by atoms with Gasteiger partial charge in [0, 0.05) is 13.2 Å². The number of carboxylic acids is 1. The van der Waals surface area contributed by atoms with Crippen molar-refractivity contribution in [3.8, 4) is 0 Å². The molecule has 0 radical (unpaired) electrons. The fourth-order valence-electron chi connectivity index (χ4n) is 2.73. The van der Waals surface area contributed by atoms with Crippen LogP contribution in [0, 0.1) is 0 Å². The van der Waals surface area contributed by atoms with Gasteiger partial charge in [0.2, 0.25) is 0 Å². The molecule has 1 saturated carbocycles. The van der Waals surface area contributed by atoms with E-state index in [4.69, 9.17) is 9.84 Å². The Balaban J connectivity index is 1.57. The van der Waals surface area contributed by atoms with E-state index in [9.17, 15) is 4.79 Å². The molecule has 0 spiro atoms. The molecule has 0 heterocycles. The third-order valence-corrected chi connectivity index (χ3v) is 3.91. The third kappa shape index (κ3) is 5.86. The van der Waals surface area contributed by atoms with Crippen molar-refractivity contribution in [1.82, 2.24) is 5.32 Å². The summed E-state index contributed by atoms with van der Waals surface area (Å²) in [6.07, 6.45) is 7.88. The molecule has 1 aromatic rings. The van der Waals surface area contributed by atoms with Gasteiger partial charge < -0.3 is 15.2 Å². The Morgan fingerprint density at radius 1 is 1.29 bits per heavy atom. The first-order chi connectivity index (χ1) is 10.3. The summed E-state index contributed by atoms with van der Waals surface area (Å²) < 4.78 is 5.87. The highest BCUT2D eigenvalue weighted by Gasteiger charge is 2.12. The van der Waals surface area contributed by atoms with Crippen LogP contribution in [0.1, 0.15) is 54.4 Å². The van der Waals surface area contributed by atoms with Crippen molar-refractivity contribution in [3.05, 3.63) is 35.4 Å². The van der Waals surface area contributed by atoms with Crippen LogP contribution in [0.15, 0.2) is 24.3 Å². The van der Waals surface area contributed by atoms with Crippen LogP contribution in [-0.4, -0.2) is 30.3 Å². The van der Waals surface area contributed by atoms with Crippen LogP contribution in [0.4, 0.5) is 0 Å². The normalized spacial score (nSPS) is 16.0. The Kier molecular flexibility index (Phi) is 6.70. The van der Waals surface area contributed by atoms with Gasteiger partial charge in [-0.2, -0.15) is 0 Å². The van der Waals surface area contributed by atoms with E-state index in [1.165, 1.54) is 32.1 Å². The Labute approximate surface area is 126 Å². The molecule has 1 aliphatic carbocycles. The second kappa shape index (κ2) is 8.80. The number of hydrogen-bond donors (Lipinski definition) is 2. The standard InChI is InChI=1S/C17H25NO3/c19-17(20)15-7-4-6-14(12-15)13-18-10-5-11-21-16-8-2-1-3-9-16/h4,6-7,12,16,18H,1-3,5,8-11,13H2,(H,19,20). The number of aromatic carboxylic acids is 1. The average Bonchev–Trinajstić information content (AvgIpc) is 2.52. The lowest BCUT2D eigenvalue weighted by Crippen LogP contribution is -2.20. The monoisotopic (exact) mass is 291 g/mol. The topological polar surface area (TPSA) is 58.6 Å². The van der Waals surface area contributed by atoms with Crippen molar-refractivity contribution in [3.63, 3.8) is 0 Å². The number of hydrogen-bond acceptors (Lipinski definition) is 3. The van der Waals surface area contributed by atoms with Gasteiger partial charge >= 0.3 is 5.97 Å². The highest BCUT2D eigenvalue weighted by atomic mass is 16.5. The van der Waals surface area contributed by atoms with Gasteiger partial charge in [-0.15, -0.1) is 0 Å². The van der Waals surface area contributed by atoms with Gasteiger partial charge in [-0.1, -0.05) is 31.4 Å². The van der Waals surface area contributed by atoms with E-state index in [1.54, 1.807) is 18.2 Å². The highest BCUT2D eigenvalue weighted by molar-refractivity contribution is 5.87. The molecule has 0 aliphatic heterocycles. The van der Waals surface area contributed by atoms with Crippen molar-refractivity contribution in [2.24, 2.45) is 0 Å². The zero-order valence-corrected chi connectivity index (χ0v) is 12.5. The SMILES string of the molecule is O=C(O)c1cccc(CNCCCOC2CCCCC2)c1. The van der Waals surface area contributed by atoms with Gasteiger partial charge in [-0.25, -0.2) is 4.79 Å². The molecule has 1 fully saturated rings. The summed E-state index contributed by atoms with van der Waals surface area (Å²) in [6, 6.07) is 7.06. The zero-order valence-electron chi connectivity index (χ0n) is 12.5. The first-order valence-corrected chi connectivity index (χ1v) is 7.90. The Hall–Kier alpha value is -1.39. The number of carbonyl (C=O) groups is 1. The van der Waals surface area contributed by atoms with Crippen LogP contribution in [0.25, 0.3) is 0 Å². The maximum Gasteiger partial charge on any atom is 0.335 e. The van der Waals surface area contributed by atoms with E-state index in [-0.39, 0.29) is 0 Å². The fourth-order valence-corrected chi connectivity index (χ4v) is 2.73. The summed E-state index contributed by atoms with van der Waals surface area (Å²) in [7, 11) is 0. The molecule has 0 saturated heterocycles. The van der Waals surface area contributed by atoms with Crippen LogP contribution in [0.2, 0.25) is 0 Å². The van der Waals surface area contributed by atoms with Crippen molar-refractivity contribution >= 4 is 5.97 Å². The van der Waals surface area contributed by atoms with Crippen LogP contribution in [0.5, 0.6) is 0 Å². The lowest BCUT2D eigenvalue weighted by molar-refractivity contribution is 0.0273. The average molecular weight is 291 g/mol. The predicted molar refractivity (Wildman–Crippen MR) is 82.6 cm³/mol. The first-order valence-electron chi connectivity index (χ1n) is 7.90. The molecular formula is C17H25NO3.